The van der Waals surface area contributed by atoms with Crippen LogP contribution in [0.2, 0.25) is 0 Å². The van der Waals surface area contributed by atoms with Crippen molar-refractivity contribution in [2.45, 2.75) is 45.6 Å². The Balaban J connectivity index is 2.45. The monoisotopic (exact) mass is 224 g/mol. The van der Waals surface area contributed by atoms with Gasteiger partial charge in [-0.05, 0) is 37.6 Å². The Morgan fingerprint density at radius 3 is 2.62 bits per heavy atom. The van der Waals surface area contributed by atoms with Gasteiger partial charge in [0.15, 0.2) is 0 Å². The number of rotatable bonds is 8. The van der Waals surface area contributed by atoms with Crippen molar-refractivity contribution in [1.82, 2.24) is 5.32 Å². The van der Waals surface area contributed by atoms with Crippen molar-refractivity contribution < 1.29 is 4.74 Å². The molecule has 1 aliphatic rings. The maximum Gasteiger partial charge on any atom is 0.133 e. The van der Waals surface area contributed by atoms with Crippen molar-refractivity contribution >= 4 is 0 Å². The summed E-state index contributed by atoms with van der Waals surface area (Å²) < 4.78 is 5.66. The number of hydrogen-bond donors (Lipinski definition) is 1. The van der Waals surface area contributed by atoms with Crippen molar-refractivity contribution in [2.24, 2.45) is 11.8 Å². The fourth-order valence-corrected chi connectivity index (χ4v) is 1.86. The second-order valence-corrected chi connectivity index (χ2v) is 5.19. The molecule has 1 atom stereocenters. The summed E-state index contributed by atoms with van der Waals surface area (Å²) in [6, 6.07) is 2.45. The summed E-state index contributed by atoms with van der Waals surface area (Å²) in [4.78, 5) is 0. The fraction of sp³-hybridized carbons (Fsp3) is 0.923. The van der Waals surface area contributed by atoms with Gasteiger partial charge in [-0.15, -0.1) is 0 Å². The Labute approximate surface area is 99.2 Å². The first-order valence-corrected chi connectivity index (χ1v) is 6.38. The summed E-state index contributed by atoms with van der Waals surface area (Å²) >= 11 is 0. The van der Waals surface area contributed by atoms with E-state index in [2.05, 4.69) is 32.2 Å². The van der Waals surface area contributed by atoms with Crippen LogP contribution in [0.25, 0.3) is 0 Å². The van der Waals surface area contributed by atoms with E-state index in [1.807, 2.05) is 0 Å². The van der Waals surface area contributed by atoms with Gasteiger partial charge in [-0.2, -0.15) is 5.26 Å². The van der Waals surface area contributed by atoms with Crippen LogP contribution in [0.3, 0.4) is 0 Å². The van der Waals surface area contributed by atoms with Crippen LogP contribution in [0.1, 0.15) is 40.0 Å². The number of nitrogens with zero attached hydrogens (tertiary/aromatic N) is 1. The Hall–Kier alpha value is -0.590. The summed E-state index contributed by atoms with van der Waals surface area (Å²) in [6.07, 6.45) is 3.38. The van der Waals surface area contributed by atoms with Gasteiger partial charge in [-0.1, -0.05) is 20.8 Å². The van der Waals surface area contributed by atoms with E-state index in [0.717, 1.165) is 32.4 Å². The summed E-state index contributed by atoms with van der Waals surface area (Å²) in [5.41, 5.74) is -0.426. The van der Waals surface area contributed by atoms with Crippen LogP contribution >= 0.6 is 0 Å². The van der Waals surface area contributed by atoms with Crippen LogP contribution in [0.4, 0.5) is 0 Å². The van der Waals surface area contributed by atoms with E-state index in [9.17, 15) is 5.26 Å². The molecule has 1 N–H and O–H groups in total. The Morgan fingerprint density at radius 2 is 2.19 bits per heavy atom. The standard InChI is InChI=1S/C13H24N2O/c1-4-7-15-13(9-14,12-5-6-12)10-16-8-11(2)3/h11-12,15H,4-8,10H2,1-3H3. The van der Waals surface area contributed by atoms with Gasteiger partial charge >= 0.3 is 0 Å². The van der Waals surface area contributed by atoms with Crippen molar-refractivity contribution in [3.05, 3.63) is 0 Å². The minimum absolute atomic E-state index is 0.426. The molecule has 0 aromatic rings. The highest BCUT2D eigenvalue weighted by molar-refractivity contribution is 5.15. The highest BCUT2D eigenvalue weighted by atomic mass is 16.5. The smallest absolute Gasteiger partial charge is 0.133 e. The van der Waals surface area contributed by atoms with Gasteiger partial charge in [0.25, 0.3) is 0 Å². The molecule has 0 aromatic heterocycles. The third-order valence-corrected chi connectivity index (χ3v) is 2.95. The molecule has 0 spiro atoms. The molecule has 0 aliphatic heterocycles. The summed E-state index contributed by atoms with van der Waals surface area (Å²) in [5, 5.41) is 12.8. The zero-order valence-electron chi connectivity index (χ0n) is 10.8. The molecule has 0 heterocycles. The maximum absolute atomic E-state index is 9.39. The molecule has 1 aliphatic carbocycles. The predicted molar refractivity (Wildman–Crippen MR) is 65.0 cm³/mol. The maximum atomic E-state index is 9.39. The molecule has 0 aromatic carbocycles. The lowest BCUT2D eigenvalue weighted by Gasteiger charge is -2.28. The zero-order chi connectivity index (χ0) is 12.0. The molecule has 3 heteroatoms. The summed E-state index contributed by atoms with van der Waals surface area (Å²) in [5.74, 6) is 1.03. The molecule has 3 nitrogen and oxygen atoms in total. The van der Waals surface area contributed by atoms with Gasteiger partial charge in [0.05, 0.1) is 12.7 Å². The van der Waals surface area contributed by atoms with Gasteiger partial charge in [-0.25, -0.2) is 0 Å². The first-order valence-electron chi connectivity index (χ1n) is 6.38. The van der Waals surface area contributed by atoms with Crippen LogP contribution in [-0.4, -0.2) is 25.3 Å². The fourth-order valence-electron chi connectivity index (χ4n) is 1.86. The Morgan fingerprint density at radius 1 is 1.50 bits per heavy atom. The predicted octanol–water partition coefficient (Wildman–Crippen LogP) is 2.33. The van der Waals surface area contributed by atoms with Gasteiger partial charge in [-0.3, -0.25) is 5.32 Å². The van der Waals surface area contributed by atoms with Gasteiger partial charge in [0.2, 0.25) is 0 Å². The molecular weight excluding hydrogens is 200 g/mol. The van der Waals surface area contributed by atoms with E-state index < -0.39 is 5.54 Å². The highest BCUT2D eigenvalue weighted by Crippen LogP contribution is 2.39. The average Bonchev–Trinajstić information content (AvgIpc) is 3.07. The van der Waals surface area contributed by atoms with Gasteiger partial charge in [0.1, 0.15) is 5.54 Å². The van der Waals surface area contributed by atoms with E-state index in [1.54, 1.807) is 0 Å². The highest BCUT2D eigenvalue weighted by Gasteiger charge is 2.45. The third-order valence-electron chi connectivity index (χ3n) is 2.95. The third kappa shape index (κ3) is 3.77. The van der Waals surface area contributed by atoms with Crippen molar-refractivity contribution in [3.8, 4) is 6.07 Å². The van der Waals surface area contributed by atoms with Crippen molar-refractivity contribution in [1.29, 1.82) is 5.26 Å². The second kappa shape index (κ2) is 6.22. The minimum atomic E-state index is -0.426. The quantitative estimate of drug-likeness (QED) is 0.688. The molecule has 0 amide bonds. The first kappa shape index (κ1) is 13.5. The normalized spacial score (nSPS) is 19.4. The van der Waals surface area contributed by atoms with Crippen molar-refractivity contribution in [3.63, 3.8) is 0 Å². The van der Waals surface area contributed by atoms with E-state index in [4.69, 9.17) is 4.74 Å². The zero-order valence-corrected chi connectivity index (χ0v) is 10.8. The van der Waals surface area contributed by atoms with Crippen LogP contribution in [0.15, 0.2) is 0 Å². The summed E-state index contributed by atoms with van der Waals surface area (Å²) in [7, 11) is 0. The SMILES string of the molecule is CCCNC(C#N)(COCC(C)C)C1CC1. The Kier molecular flexibility index (Phi) is 5.24. The molecule has 16 heavy (non-hydrogen) atoms. The van der Waals surface area contributed by atoms with Crippen LogP contribution in [0, 0.1) is 23.2 Å². The molecule has 1 saturated carbocycles. The lowest BCUT2D eigenvalue weighted by atomic mass is 9.96. The largest absolute Gasteiger partial charge is 0.378 e. The van der Waals surface area contributed by atoms with Crippen molar-refractivity contribution in [2.75, 3.05) is 19.8 Å². The summed E-state index contributed by atoms with van der Waals surface area (Å²) in [6.45, 7) is 8.55. The molecule has 1 fully saturated rings. The number of ether oxygens (including phenoxy) is 1. The van der Waals surface area contributed by atoms with Gasteiger partial charge < -0.3 is 4.74 Å². The molecule has 0 bridgehead atoms. The molecule has 0 saturated heterocycles. The molecule has 92 valence electrons. The number of nitriles is 1. The molecule has 1 unspecified atom stereocenters. The molecule has 0 radical (unpaired) electrons. The topological polar surface area (TPSA) is 45.0 Å². The molecular formula is C13H24N2O. The van der Waals surface area contributed by atoms with Crippen LogP contribution in [0.5, 0.6) is 0 Å². The lowest BCUT2D eigenvalue weighted by molar-refractivity contribution is 0.0638. The van der Waals surface area contributed by atoms with E-state index in [-0.39, 0.29) is 0 Å². The average molecular weight is 224 g/mol. The van der Waals surface area contributed by atoms with Crippen LogP contribution in [-0.2, 0) is 4.74 Å². The number of hydrogen-bond acceptors (Lipinski definition) is 3. The minimum Gasteiger partial charge on any atom is -0.378 e. The van der Waals surface area contributed by atoms with Gasteiger partial charge in [0, 0.05) is 6.61 Å². The second-order valence-electron chi connectivity index (χ2n) is 5.19. The first-order chi connectivity index (χ1) is 7.64. The van der Waals surface area contributed by atoms with E-state index in [0.29, 0.717) is 18.4 Å². The lowest BCUT2D eigenvalue weighted by Crippen LogP contribution is -2.50. The Bertz CT molecular complexity index is 243. The number of nitrogens with one attached hydrogen (secondary N) is 1. The van der Waals surface area contributed by atoms with Crippen LogP contribution < -0.4 is 5.32 Å². The van der Waals surface area contributed by atoms with E-state index >= 15 is 0 Å². The molecule has 1 rings (SSSR count). The van der Waals surface area contributed by atoms with E-state index in [1.165, 1.54) is 0 Å².